The third-order valence-electron chi connectivity index (χ3n) is 13.9. The van der Waals surface area contributed by atoms with Crippen LogP contribution in [0.4, 0.5) is 0 Å². The Labute approximate surface area is 250 Å². The van der Waals surface area contributed by atoms with Crippen molar-refractivity contribution in [3.05, 3.63) is 11.6 Å². The van der Waals surface area contributed by atoms with Crippen molar-refractivity contribution >= 4 is 18.2 Å². The Balaban J connectivity index is 1.65. The van der Waals surface area contributed by atoms with Crippen molar-refractivity contribution in [2.75, 3.05) is 6.61 Å². The third-order valence-corrected chi connectivity index (χ3v) is 13.9. The number of hydrogen-bond acceptors (Lipinski definition) is 8. The summed E-state index contributed by atoms with van der Waals surface area (Å²) >= 11 is 0. The standard InChI is InChI=1S/C34H52O8/c1-19(37)41-27-28(42-20(2)38)34(18-36)22(15-29(27,3)4)21-9-10-24-30(5)13-12-25(39)31(6,17-35)23(30)11-14-32(24,7)33(21,8)16-26(34)40/h9,17,22-28,36,39-40H,10-16,18H2,1-8H3/t22-,23+,24+,25?,26?,27?,28?,30-,31-,32+,33+,34-/m0/s1. The minimum atomic E-state index is -1.22. The molecule has 4 fully saturated rings. The molecule has 0 amide bonds. The second-order valence-electron chi connectivity index (χ2n) is 16.1. The van der Waals surface area contributed by atoms with Crippen LogP contribution >= 0.6 is 0 Å². The summed E-state index contributed by atoms with van der Waals surface area (Å²) in [6.07, 6.45) is 4.70. The lowest BCUT2D eigenvalue weighted by Gasteiger charge is -2.72. The van der Waals surface area contributed by atoms with Crippen LogP contribution in [0.25, 0.3) is 0 Å². The number of allylic oxidation sites excluding steroid dienone is 2. The van der Waals surface area contributed by atoms with Crippen molar-refractivity contribution in [3.8, 4) is 0 Å². The molecule has 8 heteroatoms. The van der Waals surface area contributed by atoms with Gasteiger partial charge in [0, 0.05) is 19.3 Å². The maximum absolute atomic E-state index is 12.5. The van der Waals surface area contributed by atoms with E-state index in [1.807, 2.05) is 20.8 Å². The molecule has 0 saturated heterocycles. The first-order chi connectivity index (χ1) is 19.4. The molecule has 236 valence electrons. The second kappa shape index (κ2) is 9.87. The molecule has 0 aromatic rings. The van der Waals surface area contributed by atoms with E-state index >= 15 is 0 Å². The summed E-state index contributed by atoms with van der Waals surface area (Å²) in [5, 5.41) is 34.3. The molecule has 0 radical (unpaired) electrons. The van der Waals surface area contributed by atoms with E-state index in [9.17, 15) is 29.7 Å². The molecule has 5 aliphatic rings. The van der Waals surface area contributed by atoms with Crippen molar-refractivity contribution in [2.45, 2.75) is 125 Å². The number of rotatable bonds is 4. The average Bonchev–Trinajstić information content (AvgIpc) is 2.88. The molecule has 0 spiro atoms. The lowest BCUT2D eigenvalue weighted by Crippen LogP contribution is -2.72. The van der Waals surface area contributed by atoms with Gasteiger partial charge in [-0.15, -0.1) is 0 Å². The highest BCUT2D eigenvalue weighted by atomic mass is 16.6. The molecule has 3 N–H and O–H groups in total. The van der Waals surface area contributed by atoms with Crippen molar-refractivity contribution in [1.82, 2.24) is 0 Å². The van der Waals surface area contributed by atoms with E-state index in [-0.39, 0.29) is 28.6 Å². The Hall–Kier alpha value is -1.77. The number of hydrogen-bond donors (Lipinski definition) is 3. The first-order valence-corrected chi connectivity index (χ1v) is 15.9. The Morgan fingerprint density at radius 2 is 1.52 bits per heavy atom. The van der Waals surface area contributed by atoms with Crippen LogP contribution in [0, 0.1) is 50.2 Å². The molecule has 4 saturated carbocycles. The molecule has 0 aromatic heterocycles. The highest BCUT2D eigenvalue weighted by Crippen LogP contribution is 2.75. The van der Waals surface area contributed by atoms with E-state index in [1.165, 1.54) is 19.4 Å². The minimum Gasteiger partial charge on any atom is -0.458 e. The first kappa shape index (κ1) is 31.6. The fraction of sp³-hybridized carbons (Fsp3) is 0.853. The number of carbonyl (C=O) groups is 3. The van der Waals surface area contributed by atoms with Gasteiger partial charge in [0.15, 0.2) is 0 Å². The molecule has 0 bridgehead atoms. The van der Waals surface area contributed by atoms with Crippen LogP contribution in [0.2, 0.25) is 0 Å². The minimum absolute atomic E-state index is 0.0689. The van der Waals surface area contributed by atoms with Gasteiger partial charge in [0.25, 0.3) is 0 Å². The molecule has 0 aliphatic heterocycles. The summed E-state index contributed by atoms with van der Waals surface area (Å²) in [5.41, 5.74) is -2.18. The Morgan fingerprint density at radius 1 is 0.905 bits per heavy atom. The Bertz CT molecular complexity index is 1180. The zero-order chi connectivity index (χ0) is 31.3. The van der Waals surface area contributed by atoms with Crippen molar-refractivity contribution < 1.29 is 39.2 Å². The van der Waals surface area contributed by atoms with Crippen molar-refractivity contribution in [1.29, 1.82) is 0 Å². The maximum Gasteiger partial charge on any atom is 0.303 e. The summed E-state index contributed by atoms with van der Waals surface area (Å²) in [4.78, 5) is 37.2. The SMILES string of the molecule is CC(=O)OC1C(OC(C)=O)[C@]2(CO)C(O)C[C@]3(C)C(=CC[C@@H]4[C@@]5(C)CCC(O)[C@@](C)(C=O)[C@@H]5CC[C@]43C)[C@@H]2CC1(C)C. The number of aldehydes is 1. The van der Waals surface area contributed by atoms with Gasteiger partial charge in [-0.05, 0) is 78.9 Å². The van der Waals surface area contributed by atoms with Gasteiger partial charge in [-0.25, -0.2) is 0 Å². The van der Waals surface area contributed by atoms with Crippen molar-refractivity contribution in [3.63, 3.8) is 0 Å². The lowest BCUT2D eigenvalue weighted by atomic mass is 9.33. The van der Waals surface area contributed by atoms with Gasteiger partial charge in [0.1, 0.15) is 18.5 Å². The molecular formula is C34H52O8. The molecular weight excluding hydrogens is 536 g/mol. The molecule has 0 heterocycles. The van der Waals surface area contributed by atoms with E-state index in [2.05, 4.69) is 26.8 Å². The van der Waals surface area contributed by atoms with Gasteiger partial charge in [0.05, 0.1) is 29.6 Å². The van der Waals surface area contributed by atoms with Crippen LogP contribution < -0.4 is 0 Å². The van der Waals surface area contributed by atoms with Crippen LogP contribution in [0.15, 0.2) is 11.6 Å². The second-order valence-corrected chi connectivity index (χ2v) is 16.1. The van der Waals surface area contributed by atoms with Gasteiger partial charge >= 0.3 is 11.9 Å². The van der Waals surface area contributed by atoms with Gasteiger partial charge in [-0.3, -0.25) is 9.59 Å². The number of fused-ring (bicyclic) bond motifs is 7. The van der Waals surface area contributed by atoms with Crippen LogP contribution in [0.5, 0.6) is 0 Å². The monoisotopic (exact) mass is 588 g/mol. The van der Waals surface area contributed by atoms with Crippen LogP contribution in [0.3, 0.4) is 0 Å². The number of esters is 2. The zero-order valence-electron chi connectivity index (χ0n) is 26.7. The number of aliphatic hydroxyl groups excluding tert-OH is 3. The zero-order valence-corrected chi connectivity index (χ0v) is 26.7. The lowest BCUT2D eigenvalue weighted by molar-refractivity contribution is -0.265. The molecule has 8 nitrogen and oxygen atoms in total. The van der Waals surface area contributed by atoms with E-state index in [1.54, 1.807) is 0 Å². The van der Waals surface area contributed by atoms with Crippen LogP contribution in [-0.4, -0.2) is 64.6 Å². The summed E-state index contributed by atoms with van der Waals surface area (Å²) in [6, 6.07) is 0. The van der Waals surface area contributed by atoms with E-state index in [0.29, 0.717) is 19.3 Å². The topological polar surface area (TPSA) is 130 Å². The van der Waals surface area contributed by atoms with E-state index in [4.69, 9.17) is 9.47 Å². The van der Waals surface area contributed by atoms with Crippen LogP contribution in [0.1, 0.15) is 100 Å². The fourth-order valence-electron chi connectivity index (χ4n) is 11.5. The van der Waals surface area contributed by atoms with Crippen LogP contribution in [-0.2, 0) is 23.9 Å². The quantitative estimate of drug-likeness (QED) is 0.251. The normalized spacial score (nSPS) is 51.0. The van der Waals surface area contributed by atoms with Gasteiger partial charge < -0.3 is 29.6 Å². The number of carbonyl (C=O) groups excluding carboxylic acids is 3. The van der Waals surface area contributed by atoms with Gasteiger partial charge in [0.2, 0.25) is 0 Å². The summed E-state index contributed by atoms with van der Waals surface area (Å²) in [5.74, 6) is -1.02. The third kappa shape index (κ3) is 3.92. The predicted molar refractivity (Wildman–Crippen MR) is 156 cm³/mol. The maximum atomic E-state index is 12.5. The average molecular weight is 589 g/mol. The smallest absolute Gasteiger partial charge is 0.303 e. The fourth-order valence-corrected chi connectivity index (χ4v) is 11.5. The summed E-state index contributed by atoms with van der Waals surface area (Å²) in [6.45, 7) is 15.1. The molecule has 5 rings (SSSR count). The van der Waals surface area contributed by atoms with Crippen molar-refractivity contribution in [2.24, 2.45) is 50.2 Å². The number of ether oxygens (including phenoxy) is 2. The molecule has 4 unspecified atom stereocenters. The molecule has 42 heavy (non-hydrogen) atoms. The molecule has 0 aromatic carbocycles. The largest absolute Gasteiger partial charge is 0.458 e. The highest BCUT2D eigenvalue weighted by molar-refractivity contribution is 5.68. The molecule has 5 aliphatic carbocycles. The van der Waals surface area contributed by atoms with Gasteiger partial charge in [-0.2, -0.15) is 0 Å². The summed E-state index contributed by atoms with van der Waals surface area (Å²) < 4.78 is 11.7. The summed E-state index contributed by atoms with van der Waals surface area (Å²) in [7, 11) is 0. The molecule has 12 atom stereocenters. The Morgan fingerprint density at radius 3 is 2.10 bits per heavy atom. The van der Waals surface area contributed by atoms with E-state index < -0.39 is 64.6 Å². The van der Waals surface area contributed by atoms with E-state index in [0.717, 1.165) is 32.0 Å². The number of aliphatic hydroxyl groups is 3. The Kier molecular flexibility index (Phi) is 7.43. The highest BCUT2D eigenvalue weighted by Gasteiger charge is 2.73. The first-order valence-electron chi connectivity index (χ1n) is 15.9. The van der Waals surface area contributed by atoms with Gasteiger partial charge in [-0.1, -0.05) is 53.2 Å². The predicted octanol–water partition coefficient (Wildman–Crippen LogP) is 4.37.